The molecule has 5 nitrogen and oxygen atoms in total. The van der Waals surface area contributed by atoms with Crippen LogP contribution in [0.5, 0.6) is 0 Å². The Morgan fingerprint density at radius 3 is 3.00 bits per heavy atom. The van der Waals surface area contributed by atoms with Crippen molar-refractivity contribution in [2.24, 2.45) is 0 Å². The van der Waals surface area contributed by atoms with Gasteiger partial charge in [0.1, 0.15) is 0 Å². The Balaban J connectivity index is 2.50. The Bertz CT molecular complexity index is 507. The average molecular weight is 299 g/mol. The maximum Gasteiger partial charge on any atom is 0.340 e. The van der Waals surface area contributed by atoms with Crippen molar-refractivity contribution in [2.75, 3.05) is 37.5 Å². The highest BCUT2D eigenvalue weighted by molar-refractivity contribution is 6.34. The van der Waals surface area contributed by atoms with Crippen molar-refractivity contribution < 1.29 is 14.3 Å². The van der Waals surface area contributed by atoms with Crippen molar-refractivity contribution in [3.8, 4) is 0 Å². The average Bonchev–Trinajstić information content (AvgIpc) is 2.45. The molecule has 1 aliphatic heterocycles. The van der Waals surface area contributed by atoms with Gasteiger partial charge in [0.05, 0.1) is 42.6 Å². The number of carbonyl (C=O) groups is 1. The van der Waals surface area contributed by atoms with Crippen LogP contribution in [0.15, 0.2) is 12.1 Å². The van der Waals surface area contributed by atoms with Gasteiger partial charge in [0.2, 0.25) is 0 Å². The zero-order valence-corrected chi connectivity index (χ0v) is 12.4. The molecular formula is C14H19ClN2O3. The van der Waals surface area contributed by atoms with Crippen molar-refractivity contribution >= 4 is 28.9 Å². The summed E-state index contributed by atoms with van der Waals surface area (Å²) in [5, 5.41) is 0.464. The lowest BCUT2D eigenvalue weighted by molar-refractivity contribution is 0.0599. The number of halogens is 1. The Kier molecular flexibility index (Phi) is 4.73. The fraction of sp³-hybridized carbons (Fsp3) is 0.500. The fourth-order valence-corrected chi connectivity index (χ4v) is 2.80. The Morgan fingerprint density at radius 1 is 1.60 bits per heavy atom. The molecule has 2 rings (SSSR count). The van der Waals surface area contributed by atoms with E-state index in [4.69, 9.17) is 26.8 Å². The van der Waals surface area contributed by atoms with Crippen LogP contribution in [0, 0.1) is 0 Å². The molecular weight excluding hydrogens is 280 g/mol. The molecule has 0 saturated carbocycles. The van der Waals surface area contributed by atoms with Gasteiger partial charge in [-0.05, 0) is 18.6 Å². The standard InChI is InChI=1S/C14H19ClN2O3/c1-3-10-8-20-5-4-17(10)13-11(14(18)19-2)6-9(16)7-12(13)15/h6-7,10H,3-5,8,16H2,1-2H3. The number of rotatable bonds is 3. The molecule has 0 aliphatic carbocycles. The van der Waals surface area contributed by atoms with Gasteiger partial charge in [-0.25, -0.2) is 4.79 Å². The van der Waals surface area contributed by atoms with Crippen LogP contribution < -0.4 is 10.6 Å². The van der Waals surface area contributed by atoms with Crippen LogP contribution in [-0.4, -0.2) is 38.9 Å². The first-order valence-corrected chi connectivity index (χ1v) is 6.98. The predicted molar refractivity (Wildman–Crippen MR) is 79.4 cm³/mol. The van der Waals surface area contributed by atoms with E-state index in [0.29, 0.717) is 41.7 Å². The van der Waals surface area contributed by atoms with E-state index in [1.165, 1.54) is 7.11 Å². The lowest BCUT2D eigenvalue weighted by Crippen LogP contribution is -2.46. The molecule has 0 spiro atoms. The molecule has 1 aromatic carbocycles. The van der Waals surface area contributed by atoms with Gasteiger partial charge in [0.25, 0.3) is 0 Å². The molecule has 6 heteroatoms. The van der Waals surface area contributed by atoms with Crippen molar-refractivity contribution in [2.45, 2.75) is 19.4 Å². The van der Waals surface area contributed by atoms with Gasteiger partial charge in [-0.2, -0.15) is 0 Å². The van der Waals surface area contributed by atoms with Crippen LogP contribution in [0.3, 0.4) is 0 Å². The van der Waals surface area contributed by atoms with Crippen LogP contribution in [0.1, 0.15) is 23.7 Å². The van der Waals surface area contributed by atoms with Crippen LogP contribution in [-0.2, 0) is 9.47 Å². The normalized spacial score (nSPS) is 18.9. The second kappa shape index (κ2) is 6.33. The number of hydrogen-bond acceptors (Lipinski definition) is 5. The number of benzene rings is 1. The number of carbonyl (C=O) groups excluding carboxylic acids is 1. The second-order valence-corrected chi connectivity index (χ2v) is 5.13. The number of anilines is 2. The quantitative estimate of drug-likeness (QED) is 0.685. The monoisotopic (exact) mass is 298 g/mol. The van der Waals surface area contributed by atoms with Gasteiger partial charge in [-0.15, -0.1) is 0 Å². The summed E-state index contributed by atoms with van der Waals surface area (Å²) in [6.07, 6.45) is 0.904. The number of esters is 1. The van der Waals surface area contributed by atoms with E-state index >= 15 is 0 Å². The van der Waals surface area contributed by atoms with Gasteiger partial charge in [0.15, 0.2) is 0 Å². The van der Waals surface area contributed by atoms with Gasteiger partial charge in [-0.3, -0.25) is 0 Å². The van der Waals surface area contributed by atoms with Crippen molar-refractivity contribution in [1.82, 2.24) is 0 Å². The number of hydrogen-bond donors (Lipinski definition) is 1. The number of ether oxygens (including phenoxy) is 2. The van der Waals surface area contributed by atoms with Crippen LogP contribution in [0.2, 0.25) is 5.02 Å². The minimum absolute atomic E-state index is 0.188. The molecule has 0 amide bonds. The van der Waals surface area contributed by atoms with E-state index in [-0.39, 0.29) is 6.04 Å². The van der Waals surface area contributed by atoms with Gasteiger partial charge < -0.3 is 20.1 Å². The summed E-state index contributed by atoms with van der Waals surface area (Å²) < 4.78 is 10.3. The van der Waals surface area contributed by atoms with Crippen molar-refractivity contribution in [3.63, 3.8) is 0 Å². The van der Waals surface area contributed by atoms with Crippen molar-refractivity contribution in [3.05, 3.63) is 22.7 Å². The lowest BCUT2D eigenvalue weighted by atomic mass is 10.1. The highest BCUT2D eigenvalue weighted by Gasteiger charge is 2.28. The molecule has 110 valence electrons. The number of morpholine rings is 1. The van der Waals surface area contributed by atoms with E-state index in [1.54, 1.807) is 12.1 Å². The van der Waals surface area contributed by atoms with E-state index in [1.807, 2.05) is 0 Å². The third-order valence-corrected chi connectivity index (χ3v) is 3.77. The lowest BCUT2D eigenvalue weighted by Gasteiger charge is -2.38. The third-order valence-electron chi connectivity index (χ3n) is 3.48. The Labute approximate surface area is 123 Å². The molecule has 1 aliphatic rings. The van der Waals surface area contributed by atoms with E-state index in [9.17, 15) is 4.79 Å². The molecule has 1 heterocycles. The summed E-state index contributed by atoms with van der Waals surface area (Å²) in [6, 6.07) is 3.45. The summed E-state index contributed by atoms with van der Waals surface area (Å²) in [5.74, 6) is -0.435. The third kappa shape index (κ3) is 2.83. The highest BCUT2D eigenvalue weighted by Crippen LogP contribution is 2.35. The Hall–Kier alpha value is -1.46. The Morgan fingerprint density at radius 2 is 2.35 bits per heavy atom. The zero-order valence-electron chi connectivity index (χ0n) is 11.7. The maximum atomic E-state index is 12.0. The molecule has 2 N–H and O–H groups in total. The number of nitrogens with zero attached hydrogens (tertiary/aromatic N) is 1. The minimum Gasteiger partial charge on any atom is -0.465 e. The molecule has 0 aromatic heterocycles. The first kappa shape index (κ1) is 14.9. The van der Waals surface area contributed by atoms with Gasteiger partial charge in [0, 0.05) is 12.2 Å². The highest BCUT2D eigenvalue weighted by atomic mass is 35.5. The fourth-order valence-electron chi connectivity index (χ4n) is 2.46. The molecule has 1 aromatic rings. The largest absolute Gasteiger partial charge is 0.465 e. The van der Waals surface area contributed by atoms with Crippen molar-refractivity contribution in [1.29, 1.82) is 0 Å². The molecule has 1 fully saturated rings. The molecule has 0 radical (unpaired) electrons. The molecule has 0 bridgehead atoms. The molecule has 1 atom stereocenters. The molecule has 1 unspecified atom stereocenters. The SMILES string of the molecule is CCC1COCCN1c1c(Cl)cc(N)cc1C(=O)OC. The van der Waals surface area contributed by atoms with E-state index < -0.39 is 5.97 Å². The first-order valence-electron chi connectivity index (χ1n) is 6.60. The van der Waals surface area contributed by atoms with Crippen LogP contribution >= 0.6 is 11.6 Å². The number of nitrogen functional groups attached to an aromatic ring is 1. The maximum absolute atomic E-state index is 12.0. The smallest absolute Gasteiger partial charge is 0.340 e. The van der Waals surface area contributed by atoms with Crippen LogP contribution in [0.25, 0.3) is 0 Å². The first-order chi connectivity index (χ1) is 9.58. The number of nitrogens with two attached hydrogens (primary N) is 1. The minimum atomic E-state index is -0.435. The molecule has 20 heavy (non-hydrogen) atoms. The van der Waals surface area contributed by atoms with E-state index in [2.05, 4.69) is 11.8 Å². The summed E-state index contributed by atoms with van der Waals surface area (Å²) in [5.41, 5.74) is 7.31. The topological polar surface area (TPSA) is 64.8 Å². The number of methoxy groups -OCH3 is 1. The summed E-state index contributed by atoms with van der Waals surface area (Å²) in [7, 11) is 1.35. The second-order valence-electron chi connectivity index (χ2n) is 4.72. The summed E-state index contributed by atoms with van der Waals surface area (Å²) in [4.78, 5) is 14.1. The summed E-state index contributed by atoms with van der Waals surface area (Å²) >= 11 is 6.32. The van der Waals surface area contributed by atoms with Gasteiger partial charge in [-0.1, -0.05) is 18.5 Å². The predicted octanol–water partition coefficient (Wildman–Crippen LogP) is 2.32. The van der Waals surface area contributed by atoms with Gasteiger partial charge >= 0.3 is 5.97 Å². The summed E-state index contributed by atoms with van der Waals surface area (Å²) in [6.45, 7) is 4.00. The molecule has 1 saturated heterocycles. The van der Waals surface area contributed by atoms with Crippen LogP contribution in [0.4, 0.5) is 11.4 Å². The van der Waals surface area contributed by atoms with E-state index in [0.717, 1.165) is 6.42 Å². The zero-order chi connectivity index (χ0) is 14.7.